The zero-order chi connectivity index (χ0) is 18.3. The summed E-state index contributed by atoms with van der Waals surface area (Å²) in [6.07, 6.45) is 0. The van der Waals surface area contributed by atoms with Crippen molar-refractivity contribution in [3.8, 4) is 16.9 Å². The highest BCUT2D eigenvalue weighted by molar-refractivity contribution is 9.10. The molecule has 0 aliphatic carbocycles. The van der Waals surface area contributed by atoms with E-state index in [9.17, 15) is 0 Å². The van der Waals surface area contributed by atoms with E-state index in [1.165, 1.54) is 32.7 Å². The molecule has 0 atom stereocenters. The molecular weight excluding hydrogens is 384 g/mol. The van der Waals surface area contributed by atoms with Crippen LogP contribution in [0.5, 0.6) is 5.75 Å². The van der Waals surface area contributed by atoms with E-state index in [2.05, 4.69) is 109 Å². The monoisotopic (exact) mass is 404 g/mol. The highest BCUT2D eigenvalue weighted by Gasteiger charge is 2.15. The van der Waals surface area contributed by atoms with Crippen LogP contribution in [0.15, 0.2) is 77.3 Å². The lowest BCUT2D eigenvalue weighted by molar-refractivity contribution is 0.131. The summed E-state index contributed by atoms with van der Waals surface area (Å²) in [5.74, 6) is 0.895. The normalized spacial score (nSPS) is 11.8. The number of ether oxygens (including phenoxy) is 1. The maximum absolute atomic E-state index is 5.98. The fourth-order valence-corrected chi connectivity index (χ4v) is 4.12. The number of halogens is 1. The van der Waals surface area contributed by atoms with Crippen molar-refractivity contribution in [1.29, 1.82) is 0 Å². The molecule has 0 saturated heterocycles. The van der Waals surface area contributed by atoms with Crippen LogP contribution < -0.4 is 4.74 Å². The average Bonchev–Trinajstić information content (AvgIpc) is 2.62. The van der Waals surface area contributed by atoms with E-state index in [4.69, 9.17) is 4.74 Å². The molecule has 130 valence electrons. The lowest BCUT2D eigenvalue weighted by Gasteiger charge is -2.21. The Morgan fingerprint density at radius 3 is 1.58 bits per heavy atom. The Kier molecular flexibility index (Phi) is 4.24. The minimum absolute atomic E-state index is 0.196. The molecule has 0 radical (unpaired) electrons. The molecule has 1 nitrogen and oxygen atoms in total. The lowest BCUT2D eigenvalue weighted by atomic mass is 9.92. The van der Waals surface area contributed by atoms with E-state index in [1.54, 1.807) is 0 Å². The van der Waals surface area contributed by atoms with Crippen LogP contribution in [0.4, 0.5) is 0 Å². The summed E-state index contributed by atoms with van der Waals surface area (Å²) < 4.78 is 7.13. The highest BCUT2D eigenvalue weighted by Crippen LogP contribution is 2.41. The van der Waals surface area contributed by atoms with Gasteiger partial charge in [-0.05, 0) is 81.5 Å². The van der Waals surface area contributed by atoms with Crippen molar-refractivity contribution in [3.05, 3.63) is 77.3 Å². The van der Waals surface area contributed by atoms with Gasteiger partial charge in [-0.3, -0.25) is 0 Å². The van der Waals surface area contributed by atoms with E-state index < -0.39 is 0 Å². The molecule has 0 saturated carbocycles. The Hall–Kier alpha value is -2.32. The molecule has 2 heteroatoms. The van der Waals surface area contributed by atoms with Gasteiger partial charge in [0.1, 0.15) is 11.4 Å². The number of benzene rings is 4. The number of hydrogen-bond donors (Lipinski definition) is 0. The largest absolute Gasteiger partial charge is 0.488 e. The van der Waals surface area contributed by atoms with Gasteiger partial charge in [0.2, 0.25) is 0 Å². The van der Waals surface area contributed by atoms with Crippen molar-refractivity contribution in [2.75, 3.05) is 0 Å². The Bertz CT molecular complexity index is 1030. The Morgan fingerprint density at radius 1 is 0.654 bits per heavy atom. The second kappa shape index (κ2) is 6.44. The zero-order valence-corrected chi connectivity index (χ0v) is 16.8. The smallest absolute Gasteiger partial charge is 0.120 e. The first-order valence-corrected chi connectivity index (χ1v) is 9.62. The molecule has 0 amide bonds. The molecule has 4 rings (SSSR count). The first kappa shape index (κ1) is 17.1. The quantitative estimate of drug-likeness (QED) is 0.312. The van der Waals surface area contributed by atoms with Crippen molar-refractivity contribution < 1.29 is 4.74 Å². The molecule has 0 unspecified atom stereocenters. The highest BCUT2D eigenvalue weighted by atomic mass is 79.9. The van der Waals surface area contributed by atoms with E-state index in [1.807, 2.05) is 0 Å². The molecule has 4 aromatic carbocycles. The zero-order valence-electron chi connectivity index (χ0n) is 15.2. The van der Waals surface area contributed by atoms with Crippen molar-refractivity contribution >= 4 is 37.5 Å². The van der Waals surface area contributed by atoms with Crippen LogP contribution in [-0.2, 0) is 0 Å². The lowest BCUT2D eigenvalue weighted by Crippen LogP contribution is -2.22. The molecule has 0 heterocycles. The van der Waals surface area contributed by atoms with Gasteiger partial charge in [0, 0.05) is 4.47 Å². The van der Waals surface area contributed by atoms with Gasteiger partial charge in [-0.1, -0.05) is 60.7 Å². The summed E-state index contributed by atoms with van der Waals surface area (Å²) in [4.78, 5) is 0. The topological polar surface area (TPSA) is 9.23 Å². The third-order valence-electron chi connectivity index (χ3n) is 4.43. The van der Waals surface area contributed by atoms with Gasteiger partial charge in [0.25, 0.3) is 0 Å². The third kappa shape index (κ3) is 3.10. The van der Waals surface area contributed by atoms with Crippen LogP contribution in [0.1, 0.15) is 20.8 Å². The van der Waals surface area contributed by atoms with E-state index in [-0.39, 0.29) is 5.60 Å². The third-order valence-corrected chi connectivity index (χ3v) is 5.29. The maximum atomic E-state index is 5.98. The average molecular weight is 405 g/mol. The molecule has 0 N–H and O–H groups in total. The van der Waals surface area contributed by atoms with Gasteiger partial charge in [-0.25, -0.2) is 0 Å². The van der Waals surface area contributed by atoms with Crippen LogP contribution in [0, 0.1) is 0 Å². The van der Waals surface area contributed by atoms with Crippen molar-refractivity contribution in [2.45, 2.75) is 26.4 Å². The van der Waals surface area contributed by atoms with Gasteiger partial charge in [0.15, 0.2) is 0 Å². The second-order valence-corrected chi connectivity index (χ2v) is 8.31. The van der Waals surface area contributed by atoms with Gasteiger partial charge in [-0.15, -0.1) is 0 Å². The van der Waals surface area contributed by atoms with Crippen LogP contribution in [0.3, 0.4) is 0 Å². The molecule has 4 aromatic rings. The molecule has 0 spiro atoms. The van der Waals surface area contributed by atoms with Crippen molar-refractivity contribution in [3.63, 3.8) is 0 Å². The molecule has 0 aliphatic heterocycles. The van der Waals surface area contributed by atoms with Gasteiger partial charge in [-0.2, -0.15) is 0 Å². The van der Waals surface area contributed by atoms with Crippen LogP contribution in [-0.4, -0.2) is 5.60 Å². The second-order valence-electron chi connectivity index (χ2n) is 7.52. The van der Waals surface area contributed by atoms with Crippen molar-refractivity contribution in [1.82, 2.24) is 0 Å². The van der Waals surface area contributed by atoms with Gasteiger partial charge in [0.05, 0.1) is 0 Å². The van der Waals surface area contributed by atoms with Crippen LogP contribution in [0.25, 0.3) is 32.7 Å². The van der Waals surface area contributed by atoms with Crippen LogP contribution in [0.2, 0.25) is 0 Å². The Labute approximate surface area is 162 Å². The standard InChI is InChI=1S/C24H21BrO/c1-24(2,3)26-17-14-12-16(13-15-17)22-18-8-4-6-10-20(18)23(25)21-11-7-5-9-19(21)22/h4-15H,1-3H3. The summed E-state index contributed by atoms with van der Waals surface area (Å²) in [6, 6.07) is 25.6. The van der Waals surface area contributed by atoms with Gasteiger partial charge < -0.3 is 4.74 Å². The van der Waals surface area contributed by atoms with Gasteiger partial charge >= 0.3 is 0 Å². The first-order valence-electron chi connectivity index (χ1n) is 8.82. The Balaban J connectivity index is 1.97. The summed E-state index contributed by atoms with van der Waals surface area (Å²) in [5.41, 5.74) is 2.27. The molecule has 0 bridgehead atoms. The molecule has 0 aliphatic rings. The minimum Gasteiger partial charge on any atom is -0.488 e. The van der Waals surface area contributed by atoms with E-state index in [0.717, 1.165) is 10.2 Å². The van der Waals surface area contributed by atoms with Crippen LogP contribution >= 0.6 is 15.9 Å². The predicted molar refractivity (Wildman–Crippen MR) is 115 cm³/mol. The molecular formula is C24H21BrO. The molecule has 0 aromatic heterocycles. The predicted octanol–water partition coefficient (Wildman–Crippen LogP) is 7.60. The Morgan fingerprint density at radius 2 is 1.12 bits per heavy atom. The summed E-state index contributed by atoms with van der Waals surface area (Å²) in [6.45, 7) is 6.20. The first-order chi connectivity index (χ1) is 12.4. The number of hydrogen-bond acceptors (Lipinski definition) is 1. The fourth-order valence-electron chi connectivity index (χ4n) is 3.43. The summed E-state index contributed by atoms with van der Waals surface area (Å²) >= 11 is 3.81. The van der Waals surface area contributed by atoms with E-state index >= 15 is 0 Å². The van der Waals surface area contributed by atoms with E-state index in [0.29, 0.717) is 0 Å². The summed E-state index contributed by atoms with van der Waals surface area (Å²) in [5, 5.41) is 4.97. The number of rotatable bonds is 2. The summed E-state index contributed by atoms with van der Waals surface area (Å²) in [7, 11) is 0. The molecule has 26 heavy (non-hydrogen) atoms. The van der Waals surface area contributed by atoms with Crippen molar-refractivity contribution in [2.24, 2.45) is 0 Å². The number of fused-ring (bicyclic) bond motifs is 2. The SMILES string of the molecule is CC(C)(C)Oc1ccc(-c2c3ccccc3c(Br)c3ccccc23)cc1. The molecule has 0 fully saturated rings. The fraction of sp³-hybridized carbons (Fsp3) is 0.167. The minimum atomic E-state index is -0.196. The maximum Gasteiger partial charge on any atom is 0.120 e.